The molecule has 3 atom stereocenters. The van der Waals surface area contributed by atoms with E-state index >= 15 is 0 Å². The molecular weight excluding hydrogens is 404 g/mol. The van der Waals surface area contributed by atoms with Gasteiger partial charge >= 0.3 is 0 Å². The molecule has 1 fully saturated rings. The lowest BCUT2D eigenvalue weighted by Gasteiger charge is -2.38. The summed E-state index contributed by atoms with van der Waals surface area (Å²) in [6, 6.07) is 13.8. The Labute approximate surface area is 177 Å². The second-order valence-corrected chi connectivity index (χ2v) is 10.6. The average Bonchev–Trinajstić information content (AvgIpc) is 3.23. The Bertz CT molecular complexity index is 1060. The molecule has 0 saturated carbocycles. The van der Waals surface area contributed by atoms with E-state index in [2.05, 4.69) is 23.5 Å². The second-order valence-electron chi connectivity index (χ2n) is 8.24. The molecule has 1 saturated heterocycles. The maximum Gasteiger partial charge on any atom is 0.243 e. The quantitative estimate of drug-likeness (QED) is 0.671. The molecule has 0 amide bonds. The Morgan fingerprint density at radius 3 is 2.66 bits per heavy atom. The number of sulfonamides is 1. The third-order valence-corrected chi connectivity index (χ3v) is 8.62. The molecule has 2 aromatic carbocycles. The predicted molar refractivity (Wildman–Crippen MR) is 117 cm³/mol. The van der Waals surface area contributed by atoms with Crippen molar-refractivity contribution in [1.82, 2.24) is 4.31 Å². The van der Waals surface area contributed by atoms with E-state index in [9.17, 15) is 8.42 Å². The van der Waals surface area contributed by atoms with Crippen molar-refractivity contribution in [2.45, 2.75) is 42.5 Å². The summed E-state index contributed by atoms with van der Waals surface area (Å²) in [7, 11) is -3.43. The maximum atomic E-state index is 13.2. The Morgan fingerprint density at radius 1 is 1.03 bits per heavy atom. The number of allylic oxidation sites excluding steroid dienone is 2. The summed E-state index contributed by atoms with van der Waals surface area (Å²) < 4.78 is 28.0. The fourth-order valence-corrected chi connectivity index (χ4v) is 6.77. The maximum absolute atomic E-state index is 13.2. The van der Waals surface area contributed by atoms with Crippen molar-refractivity contribution in [3.05, 3.63) is 70.8 Å². The molecule has 2 aromatic rings. The molecule has 3 aliphatic rings. The third-order valence-electron chi connectivity index (χ3n) is 6.49. The summed E-state index contributed by atoms with van der Waals surface area (Å²) in [5.74, 6) is 0.570. The van der Waals surface area contributed by atoms with Gasteiger partial charge in [0.25, 0.3) is 0 Å². The number of anilines is 1. The number of nitrogens with zero attached hydrogens (tertiary/aromatic N) is 1. The van der Waals surface area contributed by atoms with Crippen LogP contribution in [0.2, 0.25) is 5.02 Å². The van der Waals surface area contributed by atoms with E-state index in [0.29, 0.717) is 23.9 Å². The first-order valence-electron chi connectivity index (χ1n) is 10.4. The lowest BCUT2D eigenvalue weighted by atomic mass is 9.77. The van der Waals surface area contributed by atoms with Gasteiger partial charge in [-0.15, -0.1) is 0 Å². The van der Waals surface area contributed by atoms with Crippen LogP contribution in [-0.4, -0.2) is 25.8 Å². The van der Waals surface area contributed by atoms with Gasteiger partial charge in [-0.1, -0.05) is 42.3 Å². The highest BCUT2D eigenvalue weighted by molar-refractivity contribution is 7.89. The van der Waals surface area contributed by atoms with Crippen molar-refractivity contribution in [3.8, 4) is 0 Å². The molecule has 2 heterocycles. The SMILES string of the molecule is O=S(=O)(c1ccc2c(c1)C1C=CCC1C(c1cccc(Cl)c1)N2)N1CCCCC1. The molecule has 0 aromatic heterocycles. The summed E-state index contributed by atoms with van der Waals surface area (Å²) in [6.45, 7) is 1.25. The summed E-state index contributed by atoms with van der Waals surface area (Å²) in [5.41, 5.74) is 3.27. The molecule has 1 aliphatic carbocycles. The van der Waals surface area contributed by atoms with Crippen LogP contribution in [0.3, 0.4) is 0 Å². The van der Waals surface area contributed by atoms with E-state index in [1.165, 1.54) is 5.56 Å². The van der Waals surface area contributed by atoms with Gasteiger partial charge in [0.05, 0.1) is 10.9 Å². The number of hydrogen-bond acceptors (Lipinski definition) is 3. The molecule has 1 N–H and O–H groups in total. The minimum Gasteiger partial charge on any atom is -0.378 e. The van der Waals surface area contributed by atoms with Gasteiger partial charge in [-0.2, -0.15) is 4.31 Å². The van der Waals surface area contributed by atoms with E-state index < -0.39 is 10.0 Å². The van der Waals surface area contributed by atoms with Crippen LogP contribution in [0, 0.1) is 5.92 Å². The van der Waals surface area contributed by atoms with Gasteiger partial charge in [0.1, 0.15) is 0 Å². The normalized spacial score (nSPS) is 26.6. The number of halogens is 1. The van der Waals surface area contributed by atoms with Gasteiger partial charge < -0.3 is 5.32 Å². The molecular formula is C23H25ClN2O2S. The minimum absolute atomic E-state index is 0.158. The van der Waals surface area contributed by atoms with Crippen LogP contribution in [0.25, 0.3) is 0 Å². The van der Waals surface area contributed by atoms with E-state index in [0.717, 1.165) is 42.0 Å². The zero-order chi connectivity index (χ0) is 20.0. The number of piperidine rings is 1. The summed E-state index contributed by atoms with van der Waals surface area (Å²) in [5, 5.41) is 4.40. The standard InChI is InChI=1S/C23H25ClN2O2S/c24-17-7-4-6-16(14-17)23-20-9-5-8-19(20)21-15-18(10-11-22(21)25-23)29(27,28)26-12-2-1-3-13-26/h4-8,10-11,14-15,19-20,23,25H,1-3,9,12-13H2. The van der Waals surface area contributed by atoms with E-state index in [-0.39, 0.29) is 12.0 Å². The molecule has 2 aliphatic heterocycles. The van der Waals surface area contributed by atoms with Crippen molar-refractivity contribution in [2.75, 3.05) is 18.4 Å². The van der Waals surface area contributed by atoms with Crippen LogP contribution in [-0.2, 0) is 10.0 Å². The van der Waals surface area contributed by atoms with Crippen LogP contribution in [0.1, 0.15) is 48.8 Å². The van der Waals surface area contributed by atoms with Crippen molar-refractivity contribution in [1.29, 1.82) is 0 Å². The van der Waals surface area contributed by atoms with Gasteiger partial charge in [-0.3, -0.25) is 0 Å². The fourth-order valence-electron chi connectivity index (χ4n) is 5.02. The van der Waals surface area contributed by atoms with Gasteiger partial charge in [0.2, 0.25) is 10.0 Å². The van der Waals surface area contributed by atoms with Gasteiger partial charge in [-0.05, 0) is 66.6 Å². The first-order valence-corrected chi connectivity index (χ1v) is 12.2. The third kappa shape index (κ3) is 3.39. The number of rotatable bonds is 3. The van der Waals surface area contributed by atoms with Crippen LogP contribution in [0.5, 0.6) is 0 Å². The first-order chi connectivity index (χ1) is 14.0. The second kappa shape index (κ2) is 7.46. The molecule has 4 nitrogen and oxygen atoms in total. The highest BCUT2D eigenvalue weighted by atomic mass is 35.5. The zero-order valence-electron chi connectivity index (χ0n) is 16.2. The number of hydrogen-bond donors (Lipinski definition) is 1. The predicted octanol–water partition coefficient (Wildman–Crippen LogP) is 5.34. The molecule has 152 valence electrons. The van der Waals surface area contributed by atoms with Gasteiger partial charge in [0.15, 0.2) is 0 Å². The van der Waals surface area contributed by atoms with Crippen LogP contribution < -0.4 is 5.32 Å². The Morgan fingerprint density at radius 2 is 1.86 bits per heavy atom. The number of fused-ring (bicyclic) bond motifs is 3. The number of nitrogens with one attached hydrogen (secondary N) is 1. The van der Waals surface area contributed by atoms with Crippen molar-refractivity contribution in [2.24, 2.45) is 5.92 Å². The Hall–Kier alpha value is -1.82. The highest BCUT2D eigenvalue weighted by Gasteiger charge is 2.39. The largest absolute Gasteiger partial charge is 0.378 e. The van der Waals surface area contributed by atoms with Crippen LogP contribution in [0.15, 0.2) is 59.5 Å². The molecule has 6 heteroatoms. The Balaban J connectivity index is 1.52. The lowest BCUT2D eigenvalue weighted by Crippen LogP contribution is -2.36. The van der Waals surface area contributed by atoms with Crippen molar-refractivity contribution in [3.63, 3.8) is 0 Å². The average molecular weight is 429 g/mol. The smallest absolute Gasteiger partial charge is 0.243 e. The summed E-state index contributed by atoms with van der Waals surface area (Å²) >= 11 is 6.24. The topological polar surface area (TPSA) is 49.4 Å². The number of benzene rings is 2. The van der Waals surface area contributed by atoms with Crippen molar-refractivity contribution < 1.29 is 8.42 Å². The van der Waals surface area contributed by atoms with Crippen LogP contribution >= 0.6 is 11.6 Å². The van der Waals surface area contributed by atoms with E-state index in [4.69, 9.17) is 11.6 Å². The molecule has 0 spiro atoms. The lowest BCUT2D eigenvalue weighted by molar-refractivity contribution is 0.346. The monoisotopic (exact) mass is 428 g/mol. The van der Waals surface area contributed by atoms with Gasteiger partial charge in [0, 0.05) is 29.7 Å². The molecule has 29 heavy (non-hydrogen) atoms. The Kier molecular flexibility index (Phi) is 4.93. The van der Waals surface area contributed by atoms with Gasteiger partial charge in [-0.25, -0.2) is 8.42 Å². The van der Waals surface area contributed by atoms with Crippen molar-refractivity contribution >= 4 is 27.3 Å². The zero-order valence-corrected chi connectivity index (χ0v) is 17.8. The summed E-state index contributed by atoms with van der Waals surface area (Å²) in [6.07, 6.45) is 8.42. The first kappa shape index (κ1) is 19.2. The molecule has 0 radical (unpaired) electrons. The molecule has 5 rings (SSSR count). The highest BCUT2D eigenvalue weighted by Crippen LogP contribution is 2.50. The van der Waals surface area contributed by atoms with E-state index in [1.54, 1.807) is 10.4 Å². The van der Waals surface area contributed by atoms with E-state index in [1.807, 2.05) is 30.3 Å². The molecule has 3 unspecified atom stereocenters. The molecule has 0 bridgehead atoms. The van der Waals surface area contributed by atoms with Crippen LogP contribution in [0.4, 0.5) is 5.69 Å². The minimum atomic E-state index is -3.43. The fraction of sp³-hybridized carbons (Fsp3) is 0.391. The summed E-state index contributed by atoms with van der Waals surface area (Å²) in [4.78, 5) is 0.417.